The van der Waals surface area contributed by atoms with Gasteiger partial charge in [-0.15, -0.1) is 24.0 Å². The molecule has 5 unspecified atom stereocenters. The van der Waals surface area contributed by atoms with Crippen LogP contribution in [0.5, 0.6) is 0 Å². The second-order valence-corrected chi connectivity index (χ2v) is 9.39. The largest absolute Gasteiger partial charge is 0.377 e. The molecule has 5 atom stereocenters. The van der Waals surface area contributed by atoms with Gasteiger partial charge in [0.1, 0.15) is 0 Å². The average molecular weight is 513 g/mol. The number of guanidine groups is 1. The first kappa shape index (κ1) is 21.4. The Morgan fingerprint density at radius 2 is 2.14 bits per heavy atom. The number of hydrogen-bond acceptors (Lipinski definition) is 3. The summed E-state index contributed by atoms with van der Waals surface area (Å²) in [5.41, 5.74) is 0.364. The maximum atomic E-state index is 6.18. The fourth-order valence-electron chi connectivity index (χ4n) is 6.52. The fraction of sp³-hybridized carbons (Fsp3) is 0.818. The second-order valence-electron chi connectivity index (χ2n) is 9.39. The highest BCUT2D eigenvalue weighted by molar-refractivity contribution is 14.0. The molecule has 2 aliphatic heterocycles. The average Bonchev–Trinajstić information content (AvgIpc) is 3.46. The molecule has 5 rings (SSSR count). The summed E-state index contributed by atoms with van der Waals surface area (Å²) in [4.78, 5) is 11.7. The van der Waals surface area contributed by atoms with Crippen LogP contribution in [-0.2, 0) is 4.74 Å². The van der Waals surface area contributed by atoms with Crippen molar-refractivity contribution in [3.05, 3.63) is 18.7 Å². The van der Waals surface area contributed by atoms with Gasteiger partial charge in [-0.1, -0.05) is 19.8 Å². The molecule has 2 saturated carbocycles. The van der Waals surface area contributed by atoms with Crippen molar-refractivity contribution in [1.82, 2.24) is 19.8 Å². The number of ether oxygens (including phenoxy) is 1. The van der Waals surface area contributed by atoms with E-state index >= 15 is 0 Å². The lowest BCUT2D eigenvalue weighted by Crippen LogP contribution is -2.69. The van der Waals surface area contributed by atoms with E-state index in [0.717, 1.165) is 32.2 Å². The Morgan fingerprint density at radius 3 is 2.86 bits per heavy atom. The third kappa shape index (κ3) is 3.60. The van der Waals surface area contributed by atoms with Gasteiger partial charge in [0, 0.05) is 56.0 Å². The second kappa shape index (κ2) is 8.73. The minimum atomic E-state index is 0. The summed E-state index contributed by atoms with van der Waals surface area (Å²) in [5, 5.41) is 3.98. The topological polar surface area (TPSA) is 54.7 Å². The number of fused-ring (bicyclic) bond motifs is 2. The minimum Gasteiger partial charge on any atom is -0.377 e. The van der Waals surface area contributed by atoms with Gasteiger partial charge >= 0.3 is 0 Å². The van der Waals surface area contributed by atoms with Gasteiger partial charge in [-0.2, -0.15) is 0 Å². The summed E-state index contributed by atoms with van der Waals surface area (Å²) in [6.07, 6.45) is 14.2. The molecule has 2 aliphatic carbocycles. The van der Waals surface area contributed by atoms with Gasteiger partial charge in [0.15, 0.2) is 5.96 Å². The monoisotopic (exact) mass is 513 g/mol. The summed E-state index contributed by atoms with van der Waals surface area (Å²) in [6.45, 7) is 8.38. The molecule has 1 aromatic heterocycles. The lowest BCUT2D eigenvalue weighted by Gasteiger charge is -2.57. The van der Waals surface area contributed by atoms with E-state index in [1.165, 1.54) is 38.5 Å². The molecule has 6 nitrogen and oxygen atoms in total. The van der Waals surface area contributed by atoms with E-state index in [4.69, 9.17) is 9.73 Å². The van der Waals surface area contributed by atoms with Crippen LogP contribution in [0.15, 0.2) is 23.7 Å². The van der Waals surface area contributed by atoms with Gasteiger partial charge in [0.2, 0.25) is 0 Å². The fourth-order valence-corrected chi connectivity index (χ4v) is 6.52. The summed E-state index contributed by atoms with van der Waals surface area (Å²) >= 11 is 0. The predicted molar refractivity (Wildman–Crippen MR) is 126 cm³/mol. The number of aliphatic imine (C=N–C) groups is 1. The smallest absolute Gasteiger partial charge is 0.194 e. The van der Waals surface area contributed by atoms with Crippen LogP contribution in [0.25, 0.3) is 0 Å². The quantitative estimate of drug-likeness (QED) is 0.381. The van der Waals surface area contributed by atoms with Crippen LogP contribution in [0.4, 0.5) is 0 Å². The SMILES string of the molecule is CCN=C(NC1C2CCOC2C12CCCC2)N1CCC(C)C(n2ccnc2)C1.I. The Labute approximate surface area is 191 Å². The zero-order valence-electron chi connectivity index (χ0n) is 17.8. The van der Waals surface area contributed by atoms with Gasteiger partial charge in [-0.05, 0) is 38.5 Å². The van der Waals surface area contributed by atoms with Crippen molar-refractivity contribution in [1.29, 1.82) is 0 Å². The standard InChI is InChI=1S/C22H35N5O.HI/c1-3-24-21(26-11-6-16(2)18(14-26)27-12-10-23-15-27)25-19-17-7-13-28-20(17)22(19)8-4-5-9-22;/h10,12,15-20H,3-9,11,13-14H2,1-2H3,(H,24,25);1H. The maximum absolute atomic E-state index is 6.18. The highest BCUT2D eigenvalue weighted by Crippen LogP contribution is 2.60. The molecule has 3 heterocycles. The Morgan fingerprint density at radius 1 is 1.31 bits per heavy atom. The third-order valence-corrected chi connectivity index (χ3v) is 8.00. The van der Waals surface area contributed by atoms with Crippen molar-refractivity contribution >= 4 is 29.9 Å². The van der Waals surface area contributed by atoms with Crippen LogP contribution >= 0.6 is 24.0 Å². The van der Waals surface area contributed by atoms with Crippen molar-refractivity contribution < 1.29 is 4.74 Å². The molecule has 4 aliphatic rings. The third-order valence-electron chi connectivity index (χ3n) is 8.00. The van der Waals surface area contributed by atoms with Gasteiger partial charge in [0.05, 0.1) is 18.5 Å². The number of hydrogen-bond donors (Lipinski definition) is 1. The van der Waals surface area contributed by atoms with Crippen molar-refractivity contribution in [2.24, 2.45) is 22.2 Å². The Balaban J connectivity index is 0.00000205. The van der Waals surface area contributed by atoms with Crippen LogP contribution in [0.3, 0.4) is 0 Å². The molecule has 0 bridgehead atoms. The van der Waals surface area contributed by atoms with Crippen LogP contribution in [-0.4, -0.2) is 58.8 Å². The Kier molecular flexibility index (Phi) is 6.44. The lowest BCUT2D eigenvalue weighted by atomic mass is 9.54. The summed E-state index contributed by atoms with van der Waals surface area (Å²) in [6, 6.07) is 1.00. The number of piperidine rings is 1. The van der Waals surface area contributed by atoms with E-state index in [1.54, 1.807) is 0 Å². The number of likely N-dealkylation sites (tertiary alicyclic amines) is 1. The van der Waals surface area contributed by atoms with Crippen LogP contribution in [0, 0.1) is 17.3 Å². The summed E-state index contributed by atoms with van der Waals surface area (Å²) in [5.74, 6) is 2.46. The van der Waals surface area contributed by atoms with E-state index < -0.39 is 0 Å². The van der Waals surface area contributed by atoms with Crippen molar-refractivity contribution in [3.8, 4) is 0 Å². The molecule has 0 aromatic carbocycles. The molecule has 1 spiro atoms. The number of halogens is 1. The molecule has 29 heavy (non-hydrogen) atoms. The van der Waals surface area contributed by atoms with E-state index in [2.05, 4.69) is 39.8 Å². The number of imidazole rings is 1. The molecule has 7 heteroatoms. The Hall–Kier alpha value is -0.830. The predicted octanol–water partition coefficient (Wildman–Crippen LogP) is 3.70. The number of aromatic nitrogens is 2. The van der Waals surface area contributed by atoms with Crippen LogP contribution < -0.4 is 5.32 Å². The molecular formula is C22H36IN5O. The van der Waals surface area contributed by atoms with Gasteiger partial charge in [-0.3, -0.25) is 4.99 Å². The van der Waals surface area contributed by atoms with Crippen molar-refractivity contribution in [3.63, 3.8) is 0 Å². The zero-order valence-corrected chi connectivity index (χ0v) is 20.1. The maximum Gasteiger partial charge on any atom is 0.194 e. The molecule has 1 N–H and O–H groups in total. The lowest BCUT2D eigenvalue weighted by molar-refractivity contribution is -0.125. The van der Waals surface area contributed by atoms with E-state index in [-0.39, 0.29) is 24.0 Å². The molecule has 0 amide bonds. The van der Waals surface area contributed by atoms with Gasteiger partial charge in [-0.25, -0.2) is 4.98 Å². The molecule has 2 saturated heterocycles. The highest BCUT2D eigenvalue weighted by atomic mass is 127. The number of nitrogens with zero attached hydrogens (tertiary/aromatic N) is 4. The van der Waals surface area contributed by atoms with E-state index in [0.29, 0.717) is 35.4 Å². The van der Waals surface area contributed by atoms with Crippen molar-refractivity contribution in [2.75, 3.05) is 26.2 Å². The normalized spacial score (nSPS) is 35.9. The molecular weight excluding hydrogens is 477 g/mol. The van der Waals surface area contributed by atoms with Crippen molar-refractivity contribution in [2.45, 2.75) is 70.6 Å². The van der Waals surface area contributed by atoms with Gasteiger partial charge in [0.25, 0.3) is 0 Å². The summed E-state index contributed by atoms with van der Waals surface area (Å²) in [7, 11) is 0. The molecule has 162 valence electrons. The summed E-state index contributed by atoms with van der Waals surface area (Å²) < 4.78 is 8.46. The van der Waals surface area contributed by atoms with E-state index in [1.807, 2.05) is 12.5 Å². The van der Waals surface area contributed by atoms with Crippen LogP contribution in [0.1, 0.15) is 58.4 Å². The first-order valence-corrected chi connectivity index (χ1v) is 11.4. The van der Waals surface area contributed by atoms with Gasteiger partial charge < -0.3 is 19.5 Å². The first-order valence-electron chi connectivity index (χ1n) is 11.4. The molecule has 4 fully saturated rings. The van der Waals surface area contributed by atoms with E-state index in [9.17, 15) is 0 Å². The minimum absolute atomic E-state index is 0. The highest BCUT2D eigenvalue weighted by Gasteiger charge is 2.65. The molecule has 0 radical (unpaired) electrons. The molecule has 1 aromatic rings. The van der Waals surface area contributed by atoms with Crippen LogP contribution in [0.2, 0.25) is 0 Å². The zero-order chi connectivity index (χ0) is 19.1. The number of rotatable bonds is 3. The Bertz CT molecular complexity index is 702. The first-order chi connectivity index (χ1) is 13.7. The number of nitrogens with one attached hydrogen (secondary N) is 1.